The second-order valence-corrected chi connectivity index (χ2v) is 3.11. The lowest BCUT2D eigenvalue weighted by atomic mass is 10.2. The van der Waals surface area contributed by atoms with Crippen LogP contribution in [-0.4, -0.2) is 10.1 Å². The number of nitrogens with zero attached hydrogens (tertiary/aromatic N) is 1. The molecular formula is C7H8INO. The van der Waals surface area contributed by atoms with Crippen LogP contribution in [0.25, 0.3) is 0 Å². The largest absolute Gasteiger partial charge is 0.392 e. The summed E-state index contributed by atoms with van der Waals surface area (Å²) in [6.45, 7) is 2.03. The second kappa shape index (κ2) is 3.30. The molecule has 0 saturated heterocycles. The number of aryl methyl sites for hydroxylation is 1. The first-order chi connectivity index (χ1) is 4.75. The lowest BCUT2D eigenvalue weighted by Gasteiger charge is -2.00. The van der Waals surface area contributed by atoms with Gasteiger partial charge in [-0.1, -0.05) is 0 Å². The fourth-order valence-electron chi connectivity index (χ4n) is 0.723. The maximum atomic E-state index is 8.81. The Morgan fingerprint density at radius 2 is 2.40 bits per heavy atom. The van der Waals surface area contributed by atoms with Crippen LogP contribution in [-0.2, 0) is 6.61 Å². The van der Waals surface area contributed by atoms with E-state index in [0.717, 1.165) is 14.8 Å². The molecule has 0 radical (unpaired) electrons. The summed E-state index contributed by atoms with van der Waals surface area (Å²) in [4.78, 5) is 4.07. The molecular weight excluding hydrogens is 241 g/mol. The molecule has 0 spiro atoms. The van der Waals surface area contributed by atoms with Gasteiger partial charge in [-0.05, 0) is 41.1 Å². The van der Waals surface area contributed by atoms with E-state index in [2.05, 4.69) is 27.6 Å². The van der Waals surface area contributed by atoms with Crippen LogP contribution in [0, 0.1) is 10.5 Å². The van der Waals surface area contributed by atoms with Crippen LogP contribution in [0.3, 0.4) is 0 Å². The molecule has 0 aromatic carbocycles. The van der Waals surface area contributed by atoms with Crippen molar-refractivity contribution in [3.63, 3.8) is 0 Å². The number of aromatic nitrogens is 1. The van der Waals surface area contributed by atoms with Crippen molar-refractivity contribution in [2.75, 3.05) is 0 Å². The Hall–Kier alpha value is -0.160. The van der Waals surface area contributed by atoms with Gasteiger partial charge in [0.1, 0.15) is 0 Å². The minimum Gasteiger partial charge on any atom is -0.392 e. The van der Waals surface area contributed by atoms with E-state index in [1.807, 2.05) is 13.0 Å². The number of halogens is 1. The first-order valence-electron chi connectivity index (χ1n) is 2.96. The fraction of sp³-hybridized carbons (Fsp3) is 0.286. The predicted molar refractivity (Wildman–Crippen MR) is 47.6 cm³/mol. The van der Waals surface area contributed by atoms with E-state index in [4.69, 9.17) is 5.11 Å². The SMILES string of the molecule is Cc1nccc(CO)c1I. The van der Waals surface area contributed by atoms with Crippen LogP contribution in [0.4, 0.5) is 0 Å². The molecule has 10 heavy (non-hydrogen) atoms. The Kier molecular flexibility index (Phi) is 2.62. The Bertz CT molecular complexity index is 237. The summed E-state index contributed by atoms with van der Waals surface area (Å²) in [5.41, 5.74) is 1.93. The zero-order valence-corrected chi connectivity index (χ0v) is 7.79. The van der Waals surface area contributed by atoms with Gasteiger partial charge in [0.25, 0.3) is 0 Å². The van der Waals surface area contributed by atoms with Gasteiger partial charge in [-0.15, -0.1) is 0 Å². The number of pyridine rings is 1. The van der Waals surface area contributed by atoms with E-state index in [1.165, 1.54) is 0 Å². The molecule has 0 saturated carbocycles. The van der Waals surface area contributed by atoms with Crippen molar-refractivity contribution in [3.8, 4) is 0 Å². The highest BCUT2D eigenvalue weighted by Gasteiger charge is 1.99. The summed E-state index contributed by atoms with van der Waals surface area (Å²) in [7, 11) is 0. The monoisotopic (exact) mass is 249 g/mol. The van der Waals surface area contributed by atoms with E-state index >= 15 is 0 Å². The summed E-state index contributed by atoms with van der Waals surface area (Å²) >= 11 is 2.18. The molecule has 0 unspecified atom stereocenters. The first kappa shape index (κ1) is 7.94. The third-order valence-electron chi connectivity index (χ3n) is 1.31. The second-order valence-electron chi connectivity index (χ2n) is 2.03. The lowest BCUT2D eigenvalue weighted by Crippen LogP contribution is -1.93. The zero-order chi connectivity index (χ0) is 7.56. The summed E-state index contributed by atoms with van der Waals surface area (Å²) in [5, 5.41) is 8.81. The van der Waals surface area contributed by atoms with Gasteiger partial charge in [-0.3, -0.25) is 4.98 Å². The van der Waals surface area contributed by atoms with Crippen molar-refractivity contribution in [1.29, 1.82) is 0 Å². The van der Waals surface area contributed by atoms with Gasteiger partial charge in [0.05, 0.1) is 12.3 Å². The van der Waals surface area contributed by atoms with Gasteiger partial charge in [-0.2, -0.15) is 0 Å². The van der Waals surface area contributed by atoms with Crippen molar-refractivity contribution < 1.29 is 5.11 Å². The average molecular weight is 249 g/mol. The summed E-state index contributed by atoms with van der Waals surface area (Å²) < 4.78 is 1.06. The molecule has 0 fully saturated rings. The molecule has 3 heteroatoms. The van der Waals surface area contributed by atoms with Crippen LogP contribution >= 0.6 is 22.6 Å². The van der Waals surface area contributed by atoms with E-state index in [-0.39, 0.29) is 6.61 Å². The highest BCUT2D eigenvalue weighted by molar-refractivity contribution is 14.1. The molecule has 0 bridgehead atoms. The van der Waals surface area contributed by atoms with Gasteiger partial charge >= 0.3 is 0 Å². The molecule has 1 aromatic heterocycles. The fourth-order valence-corrected chi connectivity index (χ4v) is 1.21. The third-order valence-corrected chi connectivity index (χ3v) is 2.79. The molecule has 0 atom stereocenters. The average Bonchev–Trinajstić information content (AvgIpc) is 1.95. The van der Waals surface area contributed by atoms with Crippen molar-refractivity contribution in [1.82, 2.24) is 4.98 Å². The number of rotatable bonds is 1. The van der Waals surface area contributed by atoms with Crippen molar-refractivity contribution in [2.45, 2.75) is 13.5 Å². The molecule has 1 N–H and O–H groups in total. The molecule has 2 nitrogen and oxygen atoms in total. The maximum Gasteiger partial charge on any atom is 0.0693 e. The molecule has 0 amide bonds. The van der Waals surface area contributed by atoms with Crippen molar-refractivity contribution >= 4 is 22.6 Å². The van der Waals surface area contributed by atoms with E-state index in [0.29, 0.717) is 0 Å². The summed E-state index contributed by atoms with van der Waals surface area (Å²) in [6.07, 6.45) is 1.71. The molecule has 54 valence electrons. The van der Waals surface area contributed by atoms with Gasteiger partial charge in [-0.25, -0.2) is 0 Å². The predicted octanol–water partition coefficient (Wildman–Crippen LogP) is 1.49. The number of aliphatic hydroxyl groups is 1. The third kappa shape index (κ3) is 1.46. The summed E-state index contributed by atoms with van der Waals surface area (Å²) in [5.74, 6) is 0. The van der Waals surface area contributed by atoms with Gasteiger partial charge < -0.3 is 5.11 Å². The minimum atomic E-state index is 0.0988. The molecule has 1 heterocycles. The molecule has 0 aliphatic rings. The highest BCUT2D eigenvalue weighted by atomic mass is 127. The van der Waals surface area contributed by atoms with E-state index in [9.17, 15) is 0 Å². The quantitative estimate of drug-likeness (QED) is 0.765. The zero-order valence-electron chi connectivity index (χ0n) is 5.63. The molecule has 1 rings (SSSR count). The summed E-state index contributed by atoms with van der Waals surface area (Å²) in [6, 6.07) is 1.83. The number of hydrogen-bond donors (Lipinski definition) is 1. The molecule has 1 aromatic rings. The van der Waals surface area contributed by atoms with Crippen molar-refractivity contribution in [3.05, 3.63) is 27.1 Å². The molecule has 0 aliphatic carbocycles. The van der Waals surface area contributed by atoms with Crippen LogP contribution < -0.4 is 0 Å². The Morgan fingerprint density at radius 1 is 1.70 bits per heavy atom. The van der Waals surface area contributed by atoms with Crippen LogP contribution in [0.15, 0.2) is 12.3 Å². The first-order valence-corrected chi connectivity index (χ1v) is 4.04. The van der Waals surface area contributed by atoms with Crippen LogP contribution in [0.2, 0.25) is 0 Å². The van der Waals surface area contributed by atoms with Crippen LogP contribution in [0.5, 0.6) is 0 Å². The Morgan fingerprint density at radius 3 is 2.90 bits per heavy atom. The minimum absolute atomic E-state index is 0.0988. The van der Waals surface area contributed by atoms with Gasteiger partial charge in [0.15, 0.2) is 0 Å². The van der Waals surface area contributed by atoms with E-state index in [1.54, 1.807) is 6.20 Å². The lowest BCUT2D eigenvalue weighted by molar-refractivity contribution is 0.280. The topological polar surface area (TPSA) is 33.1 Å². The highest BCUT2D eigenvalue weighted by Crippen LogP contribution is 2.13. The molecule has 0 aliphatic heterocycles. The normalized spacial score (nSPS) is 9.90. The number of hydrogen-bond acceptors (Lipinski definition) is 2. The standard InChI is InChI=1S/C7H8INO/c1-5-7(8)6(4-10)2-3-9-5/h2-3,10H,4H2,1H3. The number of aliphatic hydroxyl groups excluding tert-OH is 1. The van der Waals surface area contributed by atoms with E-state index < -0.39 is 0 Å². The van der Waals surface area contributed by atoms with Gasteiger partial charge in [0, 0.05) is 9.77 Å². The van der Waals surface area contributed by atoms with Crippen LogP contribution in [0.1, 0.15) is 11.3 Å². The Labute approximate surface area is 73.4 Å². The Balaban J connectivity index is 3.14. The van der Waals surface area contributed by atoms with Gasteiger partial charge in [0.2, 0.25) is 0 Å². The smallest absolute Gasteiger partial charge is 0.0693 e. The van der Waals surface area contributed by atoms with Crippen molar-refractivity contribution in [2.24, 2.45) is 0 Å². The maximum absolute atomic E-state index is 8.81.